The smallest absolute Gasteiger partial charge is 0.274 e. The van der Waals surface area contributed by atoms with E-state index in [1.165, 1.54) is 6.42 Å². The third kappa shape index (κ3) is 2.48. The summed E-state index contributed by atoms with van der Waals surface area (Å²) in [6.07, 6.45) is 5.31. The average Bonchev–Trinajstić information content (AvgIpc) is 2.94. The van der Waals surface area contributed by atoms with Crippen LogP contribution < -0.4 is 0 Å². The number of aromatic amines is 1. The van der Waals surface area contributed by atoms with Crippen molar-refractivity contribution in [3.8, 4) is 0 Å². The Bertz CT molecular complexity index is 523. The second-order valence-electron chi connectivity index (χ2n) is 6.73. The van der Waals surface area contributed by atoms with Crippen LogP contribution in [-0.2, 0) is 6.42 Å². The first-order valence-corrected chi connectivity index (χ1v) is 8.10. The fraction of sp³-hybridized carbons (Fsp3) is 0.750. The van der Waals surface area contributed by atoms with Crippen LogP contribution in [0.25, 0.3) is 0 Å². The minimum absolute atomic E-state index is 0.0595. The van der Waals surface area contributed by atoms with Crippen LogP contribution >= 0.6 is 0 Å². The van der Waals surface area contributed by atoms with Gasteiger partial charge in [-0.25, -0.2) is 0 Å². The lowest BCUT2D eigenvalue weighted by Gasteiger charge is -2.41. The Hall–Kier alpha value is -1.36. The zero-order valence-corrected chi connectivity index (χ0v) is 12.9. The molecular formula is C16H25N3O2. The fourth-order valence-corrected chi connectivity index (χ4v) is 3.64. The van der Waals surface area contributed by atoms with Crippen LogP contribution in [0, 0.1) is 11.8 Å². The van der Waals surface area contributed by atoms with E-state index >= 15 is 0 Å². The number of hydrogen-bond donors (Lipinski definition) is 2. The summed E-state index contributed by atoms with van der Waals surface area (Å²) in [6.45, 7) is 5.23. The Morgan fingerprint density at radius 3 is 2.95 bits per heavy atom. The van der Waals surface area contributed by atoms with E-state index in [4.69, 9.17) is 0 Å². The number of nitrogens with zero attached hydrogens (tertiary/aromatic N) is 2. The third-order valence-corrected chi connectivity index (χ3v) is 5.26. The maximum absolute atomic E-state index is 12.6. The number of amides is 1. The predicted octanol–water partition coefficient (Wildman–Crippen LogP) is 1.99. The number of hydrogen-bond acceptors (Lipinski definition) is 3. The minimum atomic E-state index is -0.698. The highest BCUT2D eigenvalue weighted by molar-refractivity contribution is 5.92. The van der Waals surface area contributed by atoms with Gasteiger partial charge in [0, 0.05) is 18.2 Å². The first-order valence-electron chi connectivity index (χ1n) is 8.10. The summed E-state index contributed by atoms with van der Waals surface area (Å²) in [5.41, 5.74) is 0.780. The Balaban J connectivity index is 1.70. The predicted molar refractivity (Wildman–Crippen MR) is 79.9 cm³/mol. The van der Waals surface area contributed by atoms with Gasteiger partial charge in [-0.3, -0.25) is 9.89 Å². The molecule has 0 bridgehead atoms. The van der Waals surface area contributed by atoms with E-state index in [-0.39, 0.29) is 11.8 Å². The van der Waals surface area contributed by atoms with Crippen molar-refractivity contribution in [3.63, 3.8) is 0 Å². The van der Waals surface area contributed by atoms with Gasteiger partial charge in [0.15, 0.2) is 0 Å². The van der Waals surface area contributed by atoms with E-state index in [0.29, 0.717) is 24.7 Å². The molecule has 0 spiro atoms. The Morgan fingerprint density at radius 2 is 2.33 bits per heavy atom. The molecule has 2 heterocycles. The van der Waals surface area contributed by atoms with Crippen molar-refractivity contribution in [2.45, 2.75) is 51.6 Å². The van der Waals surface area contributed by atoms with Crippen LogP contribution in [0.2, 0.25) is 0 Å². The minimum Gasteiger partial charge on any atom is -0.387 e. The van der Waals surface area contributed by atoms with Crippen LogP contribution in [0.3, 0.4) is 0 Å². The number of nitrogens with one attached hydrogen (secondary N) is 1. The van der Waals surface area contributed by atoms with Gasteiger partial charge in [0.05, 0.1) is 12.1 Å². The van der Waals surface area contributed by atoms with Crippen molar-refractivity contribution in [1.29, 1.82) is 0 Å². The van der Waals surface area contributed by atoms with Crippen molar-refractivity contribution < 1.29 is 9.90 Å². The molecule has 116 valence electrons. The molecule has 21 heavy (non-hydrogen) atoms. The zero-order chi connectivity index (χ0) is 15.0. The molecule has 0 unspecified atom stereocenters. The number of H-pyrrole nitrogens is 1. The molecule has 0 radical (unpaired) electrons. The lowest BCUT2D eigenvalue weighted by atomic mass is 9.69. The first-order chi connectivity index (χ1) is 10.0. The lowest BCUT2D eigenvalue weighted by molar-refractivity contribution is -0.0660. The second kappa shape index (κ2) is 5.44. The van der Waals surface area contributed by atoms with E-state index in [1.54, 1.807) is 4.90 Å². The maximum atomic E-state index is 12.6. The number of rotatable bonds is 4. The molecule has 2 N–H and O–H groups in total. The molecule has 5 heteroatoms. The van der Waals surface area contributed by atoms with E-state index in [2.05, 4.69) is 24.0 Å². The normalized spacial score (nSPS) is 29.7. The highest BCUT2D eigenvalue weighted by Gasteiger charge is 2.51. The molecule has 1 aromatic rings. The van der Waals surface area contributed by atoms with Gasteiger partial charge >= 0.3 is 0 Å². The molecule has 2 fully saturated rings. The van der Waals surface area contributed by atoms with Crippen LogP contribution in [0.15, 0.2) is 6.07 Å². The number of aromatic nitrogens is 2. The molecule has 2 atom stereocenters. The van der Waals surface area contributed by atoms with Gasteiger partial charge in [-0.2, -0.15) is 5.10 Å². The summed E-state index contributed by atoms with van der Waals surface area (Å²) in [7, 11) is 0. The number of carbonyl (C=O) groups excluding carboxylic acids is 1. The van der Waals surface area contributed by atoms with Crippen LogP contribution in [-0.4, -0.2) is 44.8 Å². The molecule has 1 aliphatic carbocycles. The Morgan fingerprint density at radius 1 is 1.57 bits per heavy atom. The van der Waals surface area contributed by atoms with Crippen molar-refractivity contribution >= 4 is 5.91 Å². The fourth-order valence-electron chi connectivity index (χ4n) is 3.64. The molecule has 2 aliphatic rings. The molecular weight excluding hydrogens is 266 g/mol. The zero-order valence-electron chi connectivity index (χ0n) is 12.9. The Labute approximate surface area is 125 Å². The molecule has 1 amide bonds. The lowest BCUT2D eigenvalue weighted by Crippen LogP contribution is -2.48. The van der Waals surface area contributed by atoms with Crippen LogP contribution in [0.1, 0.15) is 55.7 Å². The number of aliphatic hydroxyl groups is 1. The number of β-amino-alcohol motifs (C(OH)–C–C–N with tert-alkyl or cyclic N) is 1. The topological polar surface area (TPSA) is 69.2 Å². The van der Waals surface area contributed by atoms with Crippen LogP contribution in [0.4, 0.5) is 0 Å². The van der Waals surface area contributed by atoms with Gasteiger partial charge in [0.25, 0.3) is 5.91 Å². The molecule has 0 aromatic carbocycles. The highest BCUT2D eigenvalue weighted by Crippen LogP contribution is 2.44. The van der Waals surface area contributed by atoms with E-state index in [1.807, 2.05) is 6.07 Å². The van der Waals surface area contributed by atoms with Gasteiger partial charge in [-0.1, -0.05) is 26.7 Å². The van der Waals surface area contributed by atoms with Gasteiger partial charge < -0.3 is 10.0 Å². The first kappa shape index (κ1) is 14.6. The summed E-state index contributed by atoms with van der Waals surface area (Å²) in [5, 5.41) is 18.0. The van der Waals surface area contributed by atoms with Gasteiger partial charge in [-0.15, -0.1) is 0 Å². The summed E-state index contributed by atoms with van der Waals surface area (Å²) in [4.78, 5) is 14.3. The molecule has 5 nitrogen and oxygen atoms in total. The van der Waals surface area contributed by atoms with Gasteiger partial charge in [-0.05, 0) is 31.2 Å². The Kier molecular flexibility index (Phi) is 3.78. The quantitative estimate of drug-likeness (QED) is 0.891. The van der Waals surface area contributed by atoms with E-state index in [9.17, 15) is 9.90 Å². The molecule has 1 saturated heterocycles. The molecule has 1 aliphatic heterocycles. The standard InChI is InChI=1S/C16H25N3O2/c1-3-5-13-8-14(18-17-13)15(20)19-9-11(2)16(21,10-19)12-6-4-7-12/h8,11-12,21H,3-7,9-10H2,1-2H3,(H,17,18)/t11-,16+/m1/s1. The largest absolute Gasteiger partial charge is 0.387 e. The number of likely N-dealkylation sites (tertiary alicyclic amines) is 1. The SMILES string of the molecule is CCCc1cc(C(=O)N2C[C@@H](C)[C@](O)(C3CCC3)C2)n[nH]1. The summed E-state index contributed by atoms with van der Waals surface area (Å²) in [6, 6.07) is 1.84. The van der Waals surface area contributed by atoms with Crippen molar-refractivity contribution in [2.75, 3.05) is 13.1 Å². The van der Waals surface area contributed by atoms with Gasteiger partial charge in [0.2, 0.25) is 0 Å². The van der Waals surface area contributed by atoms with Gasteiger partial charge in [0.1, 0.15) is 5.69 Å². The van der Waals surface area contributed by atoms with Crippen molar-refractivity contribution in [3.05, 3.63) is 17.5 Å². The summed E-state index contributed by atoms with van der Waals surface area (Å²) >= 11 is 0. The number of aryl methyl sites for hydroxylation is 1. The maximum Gasteiger partial charge on any atom is 0.274 e. The molecule has 1 aromatic heterocycles. The van der Waals surface area contributed by atoms with E-state index in [0.717, 1.165) is 31.4 Å². The molecule has 3 rings (SSSR count). The average molecular weight is 291 g/mol. The second-order valence-corrected chi connectivity index (χ2v) is 6.73. The molecule has 1 saturated carbocycles. The summed E-state index contributed by atoms with van der Waals surface area (Å²) in [5.74, 6) is 0.441. The number of carbonyl (C=O) groups is 1. The van der Waals surface area contributed by atoms with Crippen LogP contribution in [0.5, 0.6) is 0 Å². The highest BCUT2D eigenvalue weighted by atomic mass is 16.3. The van der Waals surface area contributed by atoms with Crippen molar-refractivity contribution in [1.82, 2.24) is 15.1 Å². The third-order valence-electron chi connectivity index (χ3n) is 5.26. The summed E-state index contributed by atoms with van der Waals surface area (Å²) < 4.78 is 0. The van der Waals surface area contributed by atoms with Crippen molar-refractivity contribution in [2.24, 2.45) is 11.8 Å². The van der Waals surface area contributed by atoms with E-state index < -0.39 is 5.60 Å². The monoisotopic (exact) mass is 291 g/mol.